The van der Waals surface area contributed by atoms with Gasteiger partial charge in [0, 0.05) is 32.1 Å². The van der Waals surface area contributed by atoms with Gasteiger partial charge in [-0.05, 0) is 6.92 Å². The average molecular weight is 244 g/mol. The molecule has 1 aromatic heterocycles. The fraction of sp³-hybridized carbons (Fsp3) is 0.667. The summed E-state index contributed by atoms with van der Waals surface area (Å²) in [6, 6.07) is 0. The molecular weight excluding hydrogens is 228 g/mol. The largest absolute Gasteiger partial charge is 0.312 e. The molecule has 0 aliphatic carbocycles. The Morgan fingerprint density at radius 3 is 3.00 bits per heavy atom. The van der Waals surface area contributed by atoms with Crippen LogP contribution in [0.15, 0.2) is 0 Å². The fourth-order valence-corrected chi connectivity index (χ4v) is 2.47. The summed E-state index contributed by atoms with van der Waals surface area (Å²) in [4.78, 5) is 0. The summed E-state index contributed by atoms with van der Waals surface area (Å²) in [6.07, 6.45) is 0.844. The second-order valence-corrected chi connectivity index (χ2v) is 5.84. The van der Waals surface area contributed by atoms with Crippen LogP contribution < -0.4 is 10.0 Å². The Hall–Kier alpha value is -1.08. The topological polar surface area (TPSA) is 76.0 Å². The van der Waals surface area contributed by atoms with Crippen LogP contribution in [0.3, 0.4) is 0 Å². The Balaban J connectivity index is 2.37. The summed E-state index contributed by atoms with van der Waals surface area (Å²) >= 11 is 0. The second kappa shape index (κ2) is 4.06. The van der Waals surface area contributed by atoms with Crippen LogP contribution in [-0.4, -0.2) is 30.5 Å². The van der Waals surface area contributed by atoms with E-state index in [9.17, 15) is 8.42 Å². The summed E-state index contributed by atoms with van der Waals surface area (Å²) in [5.74, 6) is 0.657. The van der Waals surface area contributed by atoms with Gasteiger partial charge >= 0.3 is 0 Å². The number of aromatic nitrogens is 2. The van der Waals surface area contributed by atoms with Gasteiger partial charge in [0.2, 0.25) is 10.0 Å². The van der Waals surface area contributed by atoms with Crippen molar-refractivity contribution in [2.24, 2.45) is 7.05 Å². The number of sulfonamides is 1. The third-order valence-corrected chi connectivity index (χ3v) is 3.97. The number of hydrogen-bond acceptors (Lipinski definition) is 4. The van der Waals surface area contributed by atoms with Crippen molar-refractivity contribution in [1.82, 2.24) is 15.1 Å². The first kappa shape index (κ1) is 11.4. The number of rotatable bonds is 3. The van der Waals surface area contributed by atoms with Crippen molar-refractivity contribution in [2.75, 3.05) is 17.0 Å². The Morgan fingerprint density at radius 2 is 2.31 bits per heavy atom. The lowest BCUT2D eigenvalue weighted by molar-refractivity contribution is 0.601. The highest BCUT2D eigenvalue weighted by Gasteiger charge is 2.21. The smallest absolute Gasteiger partial charge is 0.233 e. The van der Waals surface area contributed by atoms with Crippen LogP contribution >= 0.6 is 0 Å². The fourth-order valence-electron chi connectivity index (χ4n) is 1.78. The molecule has 16 heavy (non-hydrogen) atoms. The summed E-state index contributed by atoms with van der Waals surface area (Å²) in [7, 11) is -1.48. The van der Waals surface area contributed by atoms with E-state index in [2.05, 4.69) is 15.1 Å². The Morgan fingerprint density at radius 1 is 1.56 bits per heavy atom. The van der Waals surface area contributed by atoms with Gasteiger partial charge in [0.15, 0.2) is 0 Å². The predicted molar refractivity (Wildman–Crippen MR) is 61.7 cm³/mol. The average Bonchev–Trinajstić information content (AvgIpc) is 2.56. The van der Waals surface area contributed by atoms with Crippen molar-refractivity contribution in [3.05, 3.63) is 11.3 Å². The quantitative estimate of drug-likeness (QED) is 0.774. The molecule has 2 N–H and O–H groups in total. The molecule has 2 rings (SSSR count). The van der Waals surface area contributed by atoms with Crippen molar-refractivity contribution in [3.8, 4) is 0 Å². The molecule has 6 nitrogen and oxygen atoms in total. The van der Waals surface area contributed by atoms with Crippen LogP contribution in [-0.2, 0) is 30.0 Å². The zero-order valence-corrected chi connectivity index (χ0v) is 10.3. The minimum absolute atomic E-state index is 0.0698. The molecule has 1 aliphatic heterocycles. The van der Waals surface area contributed by atoms with Crippen LogP contribution in [0.5, 0.6) is 0 Å². The minimum atomic E-state index is -3.24. The monoisotopic (exact) mass is 244 g/mol. The number of anilines is 1. The van der Waals surface area contributed by atoms with Crippen LogP contribution in [0.25, 0.3) is 0 Å². The molecule has 0 unspecified atom stereocenters. The molecule has 0 radical (unpaired) electrons. The highest BCUT2D eigenvalue weighted by atomic mass is 32.2. The van der Waals surface area contributed by atoms with Crippen molar-refractivity contribution in [3.63, 3.8) is 0 Å². The maximum atomic E-state index is 11.5. The van der Waals surface area contributed by atoms with Crippen molar-refractivity contribution >= 4 is 15.8 Å². The van der Waals surface area contributed by atoms with Gasteiger partial charge in [-0.1, -0.05) is 0 Å². The normalized spacial score (nSPS) is 15.9. The molecule has 90 valence electrons. The van der Waals surface area contributed by atoms with Gasteiger partial charge in [0.1, 0.15) is 5.82 Å². The lowest BCUT2D eigenvalue weighted by Gasteiger charge is -2.13. The van der Waals surface area contributed by atoms with Gasteiger partial charge in [-0.25, -0.2) is 8.42 Å². The zero-order valence-electron chi connectivity index (χ0n) is 9.45. The van der Waals surface area contributed by atoms with Gasteiger partial charge in [-0.15, -0.1) is 0 Å². The van der Waals surface area contributed by atoms with Crippen LogP contribution in [0.2, 0.25) is 0 Å². The van der Waals surface area contributed by atoms with Crippen molar-refractivity contribution < 1.29 is 8.42 Å². The number of nitrogens with one attached hydrogen (secondary N) is 2. The van der Waals surface area contributed by atoms with E-state index in [1.165, 1.54) is 0 Å². The van der Waals surface area contributed by atoms with E-state index in [-0.39, 0.29) is 5.75 Å². The SMILES string of the molecule is CCS(=O)(=O)Nc1c2c(nn1C)CCNC2. The van der Waals surface area contributed by atoms with E-state index in [1.54, 1.807) is 18.7 Å². The summed E-state index contributed by atoms with van der Waals surface area (Å²) in [6.45, 7) is 3.18. The van der Waals surface area contributed by atoms with E-state index >= 15 is 0 Å². The van der Waals surface area contributed by atoms with Crippen molar-refractivity contribution in [1.29, 1.82) is 0 Å². The number of nitrogens with zero attached hydrogens (tertiary/aromatic N) is 2. The van der Waals surface area contributed by atoms with Gasteiger partial charge in [-0.3, -0.25) is 9.40 Å². The second-order valence-electron chi connectivity index (χ2n) is 3.83. The third kappa shape index (κ3) is 2.05. The molecule has 1 aromatic rings. The molecule has 2 heterocycles. The van der Waals surface area contributed by atoms with Crippen molar-refractivity contribution in [2.45, 2.75) is 19.9 Å². The molecule has 0 spiro atoms. The Kier molecular flexibility index (Phi) is 2.90. The molecule has 7 heteroatoms. The van der Waals surface area contributed by atoms with Crippen LogP contribution in [0.1, 0.15) is 18.2 Å². The number of aryl methyl sites for hydroxylation is 1. The van der Waals surface area contributed by atoms with Crippen LogP contribution in [0, 0.1) is 0 Å². The molecule has 1 aliphatic rings. The number of hydrogen-bond donors (Lipinski definition) is 2. The van der Waals surface area contributed by atoms with Gasteiger partial charge < -0.3 is 5.32 Å². The minimum Gasteiger partial charge on any atom is -0.312 e. The Bertz CT molecular complexity index is 492. The molecule has 0 aromatic carbocycles. The first-order valence-electron chi connectivity index (χ1n) is 5.29. The van der Waals surface area contributed by atoms with E-state index < -0.39 is 10.0 Å². The molecule has 0 atom stereocenters. The highest BCUT2D eigenvalue weighted by Crippen LogP contribution is 2.22. The lowest BCUT2D eigenvalue weighted by Crippen LogP contribution is -2.24. The highest BCUT2D eigenvalue weighted by molar-refractivity contribution is 7.92. The first-order valence-corrected chi connectivity index (χ1v) is 6.94. The summed E-state index contributed by atoms with van der Waals surface area (Å²) < 4.78 is 27.2. The maximum Gasteiger partial charge on any atom is 0.233 e. The first-order chi connectivity index (χ1) is 7.53. The van der Waals surface area contributed by atoms with E-state index in [4.69, 9.17) is 0 Å². The molecule has 0 bridgehead atoms. The van der Waals surface area contributed by atoms with E-state index in [0.717, 1.165) is 24.2 Å². The molecule has 0 saturated heterocycles. The molecule has 0 saturated carbocycles. The third-order valence-electron chi connectivity index (χ3n) is 2.70. The van der Waals surface area contributed by atoms with Gasteiger partial charge in [0.25, 0.3) is 0 Å². The lowest BCUT2D eigenvalue weighted by atomic mass is 10.1. The summed E-state index contributed by atoms with van der Waals surface area (Å²) in [5.41, 5.74) is 1.95. The maximum absolute atomic E-state index is 11.5. The predicted octanol–water partition coefficient (Wildman–Crippen LogP) is -0.173. The van der Waals surface area contributed by atoms with Gasteiger partial charge in [-0.2, -0.15) is 5.10 Å². The summed E-state index contributed by atoms with van der Waals surface area (Å²) in [5, 5.41) is 7.53. The Labute approximate surface area is 95.1 Å². The zero-order chi connectivity index (χ0) is 11.8. The molecule has 0 fully saturated rings. The molecular formula is C9H16N4O2S. The van der Waals surface area contributed by atoms with Crippen LogP contribution in [0.4, 0.5) is 5.82 Å². The van der Waals surface area contributed by atoms with E-state index in [1.807, 2.05) is 0 Å². The number of fused-ring (bicyclic) bond motifs is 1. The van der Waals surface area contributed by atoms with E-state index in [0.29, 0.717) is 12.4 Å². The molecule has 0 amide bonds. The standard InChI is InChI=1S/C9H16N4O2S/c1-3-16(14,15)12-9-7-6-10-5-4-8(7)11-13(9)2/h10,12H,3-6H2,1-2H3. The van der Waals surface area contributed by atoms with Gasteiger partial charge in [0.05, 0.1) is 11.4 Å².